The van der Waals surface area contributed by atoms with Gasteiger partial charge in [0.1, 0.15) is 5.82 Å². The summed E-state index contributed by atoms with van der Waals surface area (Å²) < 4.78 is 55.3. The highest BCUT2D eigenvalue weighted by molar-refractivity contribution is 5.95. The molecule has 5 aromatic rings. The van der Waals surface area contributed by atoms with Crippen LogP contribution >= 0.6 is 0 Å². The molecular formula is C25H14F4N4. The Bertz CT molecular complexity index is 1490. The molecule has 0 radical (unpaired) electrons. The molecular weight excluding hydrogens is 432 g/mol. The van der Waals surface area contributed by atoms with E-state index in [0.717, 1.165) is 18.2 Å². The number of nitrogens with one attached hydrogen (secondary N) is 1. The van der Waals surface area contributed by atoms with Crippen LogP contribution in [0.25, 0.3) is 33.4 Å². The molecule has 0 amide bonds. The highest BCUT2D eigenvalue weighted by Crippen LogP contribution is 2.32. The zero-order valence-electron chi connectivity index (χ0n) is 16.9. The molecule has 8 heteroatoms. The van der Waals surface area contributed by atoms with Crippen LogP contribution in [0.2, 0.25) is 0 Å². The minimum atomic E-state index is -1.02. The molecule has 33 heavy (non-hydrogen) atoms. The zero-order chi connectivity index (χ0) is 22.9. The lowest BCUT2D eigenvalue weighted by molar-refractivity contribution is 0.509. The number of rotatable bonds is 4. The molecule has 0 aliphatic carbocycles. The second-order valence-electron chi connectivity index (χ2n) is 7.22. The van der Waals surface area contributed by atoms with Crippen molar-refractivity contribution in [2.75, 3.05) is 5.32 Å². The van der Waals surface area contributed by atoms with Crippen molar-refractivity contribution in [3.8, 4) is 22.5 Å². The van der Waals surface area contributed by atoms with Gasteiger partial charge in [-0.05, 0) is 48.0 Å². The molecule has 0 bridgehead atoms. The van der Waals surface area contributed by atoms with Crippen molar-refractivity contribution in [2.45, 2.75) is 0 Å². The fourth-order valence-corrected chi connectivity index (χ4v) is 3.45. The minimum Gasteiger partial charge on any atom is -0.340 e. The molecule has 0 saturated heterocycles. The van der Waals surface area contributed by atoms with Crippen molar-refractivity contribution in [3.05, 3.63) is 102 Å². The molecule has 0 fully saturated rings. The lowest BCUT2D eigenvalue weighted by Gasteiger charge is -2.13. The average molecular weight is 446 g/mol. The number of fused-ring (bicyclic) bond motifs is 1. The number of aromatic nitrogens is 3. The maximum atomic E-state index is 14.4. The van der Waals surface area contributed by atoms with Gasteiger partial charge in [0.15, 0.2) is 29.1 Å². The number of nitrogens with zero attached hydrogens (tertiary/aromatic N) is 3. The van der Waals surface area contributed by atoms with E-state index in [1.807, 2.05) is 0 Å². The summed E-state index contributed by atoms with van der Waals surface area (Å²) in [5, 5.41) is 3.46. The summed E-state index contributed by atoms with van der Waals surface area (Å²) in [5.74, 6) is -3.30. The van der Waals surface area contributed by atoms with E-state index >= 15 is 0 Å². The molecule has 5 rings (SSSR count). The van der Waals surface area contributed by atoms with Gasteiger partial charge in [-0.1, -0.05) is 18.2 Å². The number of hydrogen-bond donors (Lipinski definition) is 1. The first kappa shape index (κ1) is 20.6. The van der Waals surface area contributed by atoms with Gasteiger partial charge in [-0.25, -0.2) is 27.5 Å². The predicted molar refractivity (Wildman–Crippen MR) is 118 cm³/mol. The topological polar surface area (TPSA) is 50.7 Å². The van der Waals surface area contributed by atoms with Gasteiger partial charge in [0.05, 0.1) is 5.52 Å². The fraction of sp³-hybridized carbons (Fsp3) is 0. The highest BCUT2D eigenvalue weighted by atomic mass is 19.2. The molecule has 0 atom stereocenters. The van der Waals surface area contributed by atoms with Crippen molar-refractivity contribution in [1.82, 2.24) is 15.0 Å². The first-order valence-corrected chi connectivity index (χ1v) is 9.88. The first-order valence-electron chi connectivity index (χ1n) is 9.88. The molecule has 0 spiro atoms. The standard InChI is InChI=1S/C25H14F4N4/c26-19-8-7-16(12-21(19)28)31-25-18-11-14(17-4-1-5-20(27)23(17)29)6-9-22(18)32-24(33-25)15-3-2-10-30-13-15/h1-13H,(H,31,32,33). The zero-order valence-corrected chi connectivity index (χ0v) is 16.9. The monoisotopic (exact) mass is 446 g/mol. The van der Waals surface area contributed by atoms with Crippen LogP contribution in [0.15, 0.2) is 79.1 Å². The molecule has 2 heterocycles. The Hall–Kier alpha value is -4.33. The van der Waals surface area contributed by atoms with E-state index in [4.69, 9.17) is 0 Å². The fourth-order valence-electron chi connectivity index (χ4n) is 3.45. The Morgan fingerprint density at radius 3 is 2.36 bits per heavy atom. The Kier molecular flexibility index (Phi) is 5.18. The molecule has 0 saturated carbocycles. The van der Waals surface area contributed by atoms with Gasteiger partial charge in [0.25, 0.3) is 0 Å². The third-order valence-electron chi connectivity index (χ3n) is 5.06. The van der Waals surface area contributed by atoms with Gasteiger partial charge >= 0.3 is 0 Å². The van der Waals surface area contributed by atoms with Crippen molar-refractivity contribution in [3.63, 3.8) is 0 Å². The molecule has 1 N–H and O–H groups in total. The van der Waals surface area contributed by atoms with Gasteiger partial charge < -0.3 is 5.32 Å². The van der Waals surface area contributed by atoms with Crippen molar-refractivity contribution in [2.24, 2.45) is 0 Å². The maximum absolute atomic E-state index is 14.4. The smallest absolute Gasteiger partial charge is 0.166 e. The summed E-state index contributed by atoms with van der Waals surface area (Å²) >= 11 is 0. The van der Waals surface area contributed by atoms with Gasteiger partial charge in [-0.15, -0.1) is 0 Å². The van der Waals surface area contributed by atoms with E-state index in [0.29, 0.717) is 27.9 Å². The second-order valence-corrected chi connectivity index (χ2v) is 7.22. The van der Waals surface area contributed by atoms with Gasteiger partial charge in [0.2, 0.25) is 0 Å². The molecule has 162 valence electrons. The normalized spacial score (nSPS) is 11.0. The van der Waals surface area contributed by atoms with Crippen LogP contribution in [0.3, 0.4) is 0 Å². The summed E-state index contributed by atoms with van der Waals surface area (Å²) in [5.41, 5.74) is 1.90. The van der Waals surface area contributed by atoms with E-state index in [1.54, 1.807) is 42.7 Å². The predicted octanol–water partition coefficient (Wildman–Crippen LogP) is 6.66. The van der Waals surface area contributed by atoms with Crippen molar-refractivity contribution in [1.29, 1.82) is 0 Å². The van der Waals surface area contributed by atoms with E-state index in [2.05, 4.69) is 20.3 Å². The number of halogens is 4. The largest absolute Gasteiger partial charge is 0.340 e. The quantitative estimate of drug-likeness (QED) is 0.314. The van der Waals surface area contributed by atoms with Crippen LogP contribution in [-0.2, 0) is 0 Å². The maximum Gasteiger partial charge on any atom is 0.166 e. The third-order valence-corrected chi connectivity index (χ3v) is 5.06. The first-order chi connectivity index (χ1) is 16.0. The Morgan fingerprint density at radius 1 is 0.697 bits per heavy atom. The van der Waals surface area contributed by atoms with Gasteiger partial charge in [-0.2, -0.15) is 0 Å². The van der Waals surface area contributed by atoms with Crippen LogP contribution in [0.5, 0.6) is 0 Å². The van der Waals surface area contributed by atoms with E-state index in [-0.39, 0.29) is 17.1 Å². The van der Waals surface area contributed by atoms with E-state index in [1.165, 1.54) is 18.2 Å². The van der Waals surface area contributed by atoms with Crippen LogP contribution < -0.4 is 5.32 Å². The SMILES string of the molecule is Fc1ccc(Nc2nc(-c3cccnc3)nc3ccc(-c4cccc(F)c4F)cc23)cc1F. The molecule has 2 aromatic heterocycles. The molecule has 0 aliphatic rings. The summed E-state index contributed by atoms with van der Waals surface area (Å²) in [6.45, 7) is 0. The summed E-state index contributed by atoms with van der Waals surface area (Å²) in [6, 6.07) is 15.7. The number of benzene rings is 3. The molecule has 0 aliphatic heterocycles. The molecule has 0 unspecified atom stereocenters. The van der Waals surface area contributed by atoms with Crippen molar-refractivity contribution >= 4 is 22.4 Å². The third kappa shape index (κ3) is 3.98. The van der Waals surface area contributed by atoms with Crippen LogP contribution in [-0.4, -0.2) is 15.0 Å². The Balaban J connectivity index is 1.70. The second kappa shape index (κ2) is 8.31. The lowest BCUT2D eigenvalue weighted by atomic mass is 10.0. The summed E-state index contributed by atoms with van der Waals surface area (Å²) in [7, 11) is 0. The van der Waals surface area contributed by atoms with E-state index < -0.39 is 23.3 Å². The van der Waals surface area contributed by atoms with E-state index in [9.17, 15) is 17.6 Å². The number of anilines is 2. The Morgan fingerprint density at radius 2 is 1.58 bits per heavy atom. The molecule has 3 aromatic carbocycles. The van der Waals surface area contributed by atoms with Crippen LogP contribution in [0.1, 0.15) is 0 Å². The number of hydrogen-bond acceptors (Lipinski definition) is 4. The van der Waals surface area contributed by atoms with Crippen molar-refractivity contribution < 1.29 is 17.6 Å². The van der Waals surface area contributed by atoms with Gasteiger partial charge in [-0.3, -0.25) is 4.98 Å². The summed E-state index contributed by atoms with van der Waals surface area (Å²) in [4.78, 5) is 13.2. The molecule has 4 nitrogen and oxygen atoms in total. The average Bonchev–Trinajstić information content (AvgIpc) is 2.83. The lowest BCUT2D eigenvalue weighted by Crippen LogP contribution is -2.01. The van der Waals surface area contributed by atoms with Crippen LogP contribution in [0, 0.1) is 23.3 Å². The van der Waals surface area contributed by atoms with Crippen LogP contribution in [0.4, 0.5) is 29.1 Å². The summed E-state index contributed by atoms with van der Waals surface area (Å²) in [6.07, 6.45) is 3.21. The highest BCUT2D eigenvalue weighted by Gasteiger charge is 2.15. The van der Waals surface area contributed by atoms with Gasteiger partial charge in [0, 0.05) is 40.7 Å². The Labute approximate surface area is 185 Å². The minimum absolute atomic E-state index is 0.0759. The number of pyridine rings is 1.